The number of rotatable bonds is 4. The Morgan fingerprint density at radius 3 is 2.62 bits per heavy atom. The van der Waals surface area contributed by atoms with Crippen LogP contribution in [0.5, 0.6) is 0 Å². The Morgan fingerprint density at radius 2 is 2.23 bits per heavy atom. The molecular weight excluding hydrogens is 168 g/mol. The molecule has 4 heteroatoms. The number of amides is 1. The van der Waals surface area contributed by atoms with Crippen molar-refractivity contribution in [2.24, 2.45) is 5.73 Å². The molecule has 4 nitrogen and oxygen atoms in total. The molecule has 0 bridgehead atoms. The van der Waals surface area contributed by atoms with Gasteiger partial charge in [-0.1, -0.05) is 0 Å². The second-order valence-electron chi connectivity index (χ2n) is 3.88. The van der Waals surface area contributed by atoms with Gasteiger partial charge in [-0.25, -0.2) is 0 Å². The van der Waals surface area contributed by atoms with Crippen molar-refractivity contribution in [3.8, 4) is 0 Å². The molecule has 1 amide bonds. The van der Waals surface area contributed by atoms with E-state index in [-0.39, 0.29) is 11.9 Å². The maximum absolute atomic E-state index is 11.7. The molecule has 1 aliphatic rings. The van der Waals surface area contributed by atoms with Gasteiger partial charge >= 0.3 is 0 Å². The van der Waals surface area contributed by atoms with Crippen molar-refractivity contribution in [2.45, 2.75) is 31.3 Å². The normalized spacial score (nSPS) is 20.9. The molecule has 0 saturated heterocycles. The molecule has 1 atom stereocenters. The van der Waals surface area contributed by atoms with E-state index in [0.29, 0.717) is 6.61 Å². The smallest absolute Gasteiger partial charge is 0.242 e. The Bertz CT molecular complexity index is 202. The minimum atomic E-state index is -0.559. The van der Waals surface area contributed by atoms with Gasteiger partial charge in [0.2, 0.25) is 5.91 Å². The summed E-state index contributed by atoms with van der Waals surface area (Å²) < 4.78 is 4.97. The van der Waals surface area contributed by atoms with E-state index < -0.39 is 5.54 Å². The van der Waals surface area contributed by atoms with E-state index in [1.54, 1.807) is 19.1 Å². The van der Waals surface area contributed by atoms with Crippen LogP contribution in [-0.2, 0) is 9.53 Å². The fraction of sp³-hybridized carbons (Fsp3) is 0.889. The number of hydrogen-bond donors (Lipinski definition) is 1. The lowest BCUT2D eigenvalue weighted by Gasteiger charge is -2.26. The summed E-state index contributed by atoms with van der Waals surface area (Å²) in [6.45, 7) is 2.51. The van der Waals surface area contributed by atoms with Crippen LogP contribution in [0.2, 0.25) is 0 Å². The maximum atomic E-state index is 11.7. The van der Waals surface area contributed by atoms with E-state index in [4.69, 9.17) is 10.5 Å². The van der Waals surface area contributed by atoms with Crippen LogP contribution in [0.15, 0.2) is 0 Å². The van der Waals surface area contributed by atoms with Crippen molar-refractivity contribution in [3.05, 3.63) is 0 Å². The number of nitrogens with two attached hydrogens (primary N) is 1. The summed E-state index contributed by atoms with van der Waals surface area (Å²) in [4.78, 5) is 13.4. The van der Waals surface area contributed by atoms with Crippen LogP contribution in [0.4, 0.5) is 0 Å². The quantitative estimate of drug-likeness (QED) is 0.671. The minimum absolute atomic E-state index is 0.0389. The molecule has 0 aromatic rings. The standard InChI is InChI=1S/C9H18N2O2/c1-7(6-13-3)11(2)8(12)9(10)4-5-9/h7H,4-6,10H2,1-3H3. The summed E-state index contributed by atoms with van der Waals surface area (Å²) in [5.74, 6) is 0.0389. The molecule has 0 radical (unpaired) electrons. The first-order valence-corrected chi connectivity index (χ1v) is 4.56. The Balaban J connectivity index is 2.46. The Kier molecular flexibility index (Phi) is 2.93. The number of ether oxygens (including phenoxy) is 1. The van der Waals surface area contributed by atoms with Crippen molar-refractivity contribution in [1.29, 1.82) is 0 Å². The van der Waals surface area contributed by atoms with Crippen molar-refractivity contribution in [2.75, 3.05) is 20.8 Å². The predicted octanol–water partition coefficient (Wildman–Crippen LogP) is -0.0290. The molecule has 1 rings (SSSR count). The lowest BCUT2D eigenvalue weighted by Crippen LogP contribution is -2.48. The number of nitrogens with zero attached hydrogens (tertiary/aromatic N) is 1. The molecule has 76 valence electrons. The van der Waals surface area contributed by atoms with E-state index in [9.17, 15) is 4.79 Å². The van der Waals surface area contributed by atoms with Crippen LogP contribution in [0.25, 0.3) is 0 Å². The fourth-order valence-electron chi connectivity index (χ4n) is 1.25. The van der Waals surface area contributed by atoms with Gasteiger partial charge in [-0.2, -0.15) is 0 Å². The van der Waals surface area contributed by atoms with E-state index in [1.165, 1.54) is 0 Å². The lowest BCUT2D eigenvalue weighted by atomic mass is 10.2. The van der Waals surface area contributed by atoms with Gasteiger partial charge in [-0.3, -0.25) is 4.79 Å². The summed E-state index contributed by atoms with van der Waals surface area (Å²) >= 11 is 0. The second-order valence-corrected chi connectivity index (χ2v) is 3.88. The van der Waals surface area contributed by atoms with Gasteiger partial charge in [-0.15, -0.1) is 0 Å². The Labute approximate surface area is 79.0 Å². The first-order chi connectivity index (χ1) is 6.01. The molecule has 2 N–H and O–H groups in total. The van der Waals surface area contributed by atoms with Gasteiger partial charge in [0.25, 0.3) is 0 Å². The molecule has 0 aromatic heterocycles. The van der Waals surface area contributed by atoms with E-state index in [0.717, 1.165) is 12.8 Å². The van der Waals surface area contributed by atoms with Crippen molar-refractivity contribution < 1.29 is 9.53 Å². The van der Waals surface area contributed by atoms with Crippen LogP contribution >= 0.6 is 0 Å². The Morgan fingerprint density at radius 1 is 1.69 bits per heavy atom. The maximum Gasteiger partial charge on any atom is 0.242 e. The summed E-state index contributed by atoms with van der Waals surface area (Å²) in [5, 5.41) is 0. The summed E-state index contributed by atoms with van der Waals surface area (Å²) in [6, 6.07) is 0.0959. The molecule has 1 unspecified atom stereocenters. The molecule has 1 fully saturated rings. The lowest BCUT2D eigenvalue weighted by molar-refractivity contribution is -0.135. The first kappa shape index (κ1) is 10.5. The zero-order chi connectivity index (χ0) is 10.1. The van der Waals surface area contributed by atoms with Gasteiger partial charge in [0.1, 0.15) is 0 Å². The van der Waals surface area contributed by atoms with Crippen molar-refractivity contribution in [1.82, 2.24) is 4.90 Å². The van der Waals surface area contributed by atoms with E-state index in [2.05, 4.69) is 0 Å². The molecule has 0 spiro atoms. The topological polar surface area (TPSA) is 55.6 Å². The summed E-state index contributed by atoms with van der Waals surface area (Å²) in [7, 11) is 3.41. The molecule has 0 heterocycles. The third kappa shape index (κ3) is 2.19. The van der Waals surface area contributed by atoms with Gasteiger partial charge in [0, 0.05) is 14.2 Å². The molecule has 0 aliphatic heterocycles. The highest BCUT2D eigenvalue weighted by Crippen LogP contribution is 2.34. The number of carbonyl (C=O) groups excluding carboxylic acids is 1. The molecule has 1 aliphatic carbocycles. The SMILES string of the molecule is COCC(C)N(C)C(=O)C1(N)CC1. The average molecular weight is 186 g/mol. The number of methoxy groups -OCH3 is 1. The average Bonchev–Trinajstić information content (AvgIpc) is 2.83. The van der Waals surface area contributed by atoms with Gasteiger partial charge < -0.3 is 15.4 Å². The predicted molar refractivity (Wildman–Crippen MR) is 50.3 cm³/mol. The summed E-state index contributed by atoms with van der Waals surface area (Å²) in [6.07, 6.45) is 1.63. The highest BCUT2D eigenvalue weighted by Gasteiger charge is 2.48. The Hall–Kier alpha value is -0.610. The second kappa shape index (κ2) is 3.64. The first-order valence-electron chi connectivity index (χ1n) is 4.56. The molecular formula is C9H18N2O2. The molecule has 13 heavy (non-hydrogen) atoms. The molecule has 1 saturated carbocycles. The number of carbonyl (C=O) groups is 1. The molecule has 0 aromatic carbocycles. The van der Waals surface area contributed by atoms with Crippen LogP contribution in [0.3, 0.4) is 0 Å². The third-order valence-corrected chi connectivity index (χ3v) is 2.60. The highest BCUT2D eigenvalue weighted by atomic mass is 16.5. The van der Waals surface area contributed by atoms with Gasteiger partial charge in [0.05, 0.1) is 18.2 Å². The van der Waals surface area contributed by atoms with Crippen LogP contribution < -0.4 is 5.73 Å². The number of likely N-dealkylation sites (N-methyl/N-ethyl adjacent to an activating group) is 1. The van der Waals surface area contributed by atoms with Crippen molar-refractivity contribution >= 4 is 5.91 Å². The van der Waals surface area contributed by atoms with E-state index >= 15 is 0 Å². The van der Waals surface area contributed by atoms with Crippen LogP contribution in [0.1, 0.15) is 19.8 Å². The third-order valence-electron chi connectivity index (χ3n) is 2.60. The number of hydrogen-bond acceptors (Lipinski definition) is 3. The zero-order valence-electron chi connectivity index (χ0n) is 8.54. The van der Waals surface area contributed by atoms with Crippen molar-refractivity contribution in [3.63, 3.8) is 0 Å². The fourth-order valence-corrected chi connectivity index (χ4v) is 1.25. The minimum Gasteiger partial charge on any atom is -0.383 e. The largest absolute Gasteiger partial charge is 0.383 e. The van der Waals surface area contributed by atoms with Gasteiger partial charge in [0.15, 0.2) is 0 Å². The highest BCUT2D eigenvalue weighted by molar-refractivity contribution is 5.89. The monoisotopic (exact) mass is 186 g/mol. The van der Waals surface area contributed by atoms with Crippen LogP contribution in [0, 0.1) is 0 Å². The zero-order valence-corrected chi connectivity index (χ0v) is 8.54. The van der Waals surface area contributed by atoms with Crippen LogP contribution in [-0.4, -0.2) is 43.2 Å². The summed E-state index contributed by atoms with van der Waals surface area (Å²) in [5.41, 5.74) is 5.23. The van der Waals surface area contributed by atoms with E-state index in [1.807, 2.05) is 6.92 Å². The van der Waals surface area contributed by atoms with Gasteiger partial charge in [-0.05, 0) is 19.8 Å².